The van der Waals surface area contributed by atoms with Crippen molar-refractivity contribution in [2.24, 2.45) is 5.92 Å². The number of benzene rings is 1. The highest BCUT2D eigenvalue weighted by molar-refractivity contribution is 5.25. The Morgan fingerprint density at radius 2 is 2.06 bits per heavy atom. The van der Waals surface area contributed by atoms with E-state index in [9.17, 15) is 5.26 Å². The average molecular weight is 227 g/mol. The summed E-state index contributed by atoms with van der Waals surface area (Å²) in [5.74, 6) is -0.118. The molecule has 0 bridgehead atoms. The van der Waals surface area contributed by atoms with Gasteiger partial charge in [0, 0.05) is 0 Å². The van der Waals surface area contributed by atoms with Gasteiger partial charge in [0.25, 0.3) is 0 Å². The molecule has 2 atom stereocenters. The van der Waals surface area contributed by atoms with Crippen molar-refractivity contribution in [3.05, 3.63) is 47.5 Å². The predicted molar refractivity (Wildman–Crippen MR) is 67.3 cm³/mol. The standard InChI is InChI=1S/C15H17NO/c1-11-3-5-13(6-4-11)15-14(10-16)9-12(2)7-8-17-15/h3-6,14-15H,2,7-9H2,1H3. The van der Waals surface area contributed by atoms with Crippen molar-refractivity contribution in [3.63, 3.8) is 0 Å². The van der Waals surface area contributed by atoms with Crippen molar-refractivity contribution in [3.8, 4) is 6.07 Å². The minimum atomic E-state index is -0.118. The van der Waals surface area contributed by atoms with Gasteiger partial charge in [0.15, 0.2) is 0 Å². The maximum absolute atomic E-state index is 9.25. The van der Waals surface area contributed by atoms with Crippen LogP contribution in [-0.2, 0) is 4.74 Å². The lowest BCUT2D eigenvalue weighted by molar-refractivity contribution is 0.0393. The van der Waals surface area contributed by atoms with Gasteiger partial charge in [0.1, 0.15) is 0 Å². The average Bonchev–Trinajstić information content (AvgIpc) is 2.52. The first-order valence-electron chi connectivity index (χ1n) is 5.95. The lowest BCUT2D eigenvalue weighted by atomic mass is 9.91. The van der Waals surface area contributed by atoms with E-state index in [1.165, 1.54) is 5.56 Å². The van der Waals surface area contributed by atoms with Crippen LogP contribution in [0.3, 0.4) is 0 Å². The van der Waals surface area contributed by atoms with Gasteiger partial charge < -0.3 is 4.74 Å². The lowest BCUT2D eigenvalue weighted by Gasteiger charge is -2.20. The molecule has 88 valence electrons. The first-order chi connectivity index (χ1) is 8.20. The second kappa shape index (κ2) is 5.16. The summed E-state index contributed by atoms with van der Waals surface area (Å²) in [6.45, 7) is 6.70. The molecular weight excluding hydrogens is 210 g/mol. The molecule has 1 aromatic rings. The van der Waals surface area contributed by atoms with Gasteiger partial charge >= 0.3 is 0 Å². The normalized spacial score (nSPS) is 25.1. The minimum Gasteiger partial charge on any atom is -0.372 e. The van der Waals surface area contributed by atoms with E-state index in [-0.39, 0.29) is 12.0 Å². The summed E-state index contributed by atoms with van der Waals surface area (Å²) in [6.07, 6.45) is 1.50. The third-order valence-corrected chi connectivity index (χ3v) is 3.20. The Morgan fingerprint density at radius 3 is 2.71 bits per heavy atom. The molecule has 2 nitrogen and oxygen atoms in total. The van der Waals surface area contributed by atoms with E-state index in [0.29, 0.717) is 6.61 Å². The third-order valence-electron chi connectivity index (χ3n) is 3.20. The fourth-order valence-electron chi connectivity index (χ4n) is 2.16. The lowest BCUT2D eigenvalue weighted by Crippen LogP contribution is -2.13. The maximum Gasteiger partial charge on any atom is 0.0986 e. The fourth-order valence-corrected chi connectivity index (χ4v) is 2.16. The Hall–Kier alpha value is -1.59. The molecule has 0 saturated carbocycles. The molecule has 1 heterocycles. The van der Waals surface area contributed by atoms with Crippen LogP contribution in [0, 0.1) is 24.2 Å². The zero-order valence-corrected chi connectivity index (χ0v) is 10.1. The molecule has 2 unspecified atom stereocenters. The summed E-state index contributed by atoms with van der Waals surface area (Å²) in [5.41, 5.74) is 3.43. The zero-order chi connectivity index (χ0) is 12.3. The smallest absolute Gasteiger partial charge is 0.0986 e. The molecule has 2 heteroatoms. The highest BCUT2D eigenvalue weighted by Crippen LogP contribution is 2.33. The molecule has 0 spiro atoms. The summed E-state index contributed by atoms with van der Waals surface area (Å²) in [4.78, 5) is 0. The Balaban J connectivity index is 2.25. The van der Waals surface area contributed by atoms with Gasteiger partial charge in [-0.3, -0.25) is 0 Å². The molecule has 0 aliphatic carbocycles. The van der Waals surface area contributed by atoms with Gasteiger partial charge in [-0.2, -0.15) is 5.26 Å². The number of ether oxygens (including phenoxy) is 1. The fraction of sp³-hybridized carbons (Fsp3) is 0.400. The Kier molecular flexibility index (Phi) is 3.61. The monoisotopic (exact) mass is 227 g/mol. The molecule has 1 fully saturated rings. The molecule has 1 aliphatic heterocycles. The first kappa shape index (κ1) is 11.9. The van der Waals surface area contributed by atoms with E-state index < -0.39 is 0 Å². The second-order valence-electron chi connectivity index (χ2n) is 4.64. The number of nitrogens with zero attached hydrogens (tertiary/aromatic N) is 1. The summed E-state index contributed by atoms with van der Waals surface area (Å²) in [7, 11) is 0. The third kappa shape index (κ3) is 2.75. The predicted octanol–water partition coefficient (Wildman–Crippen LogP) is 3.54. The van der Waals surface area contributed by atoms with E-state index in [0.717, 1.165) is 24.0 Å². The summed E-state index contributed by atoms with van der Waals surface area (Å²) < 4.78 is 5.82. The quantitative estimate of drug-likeness (QED) is 0.687. The topological polar surface area (TPSA) is 33.0 Å². The number of nitriles is 1. The first-order valence-corrected chi connectivity index (χ1v) is 5.95. The van der Waals surface area contributed by atoms with Gasteiger partial charge in [-0.1, -0.05) is 42.0 Å². The summed E-state index contributed by atoms with van der Waals surface area (Å²) >= 11 is 0. The van der Waals surface area contributed by atoms with Crippen molar-refractivity contribution in [2.45, 2.75) is 25.9 Å². The number of aryl methyl sites for hydroxylation is 1. The van der Waals surface area contributed by atoms with Crippen molar-refractivity contribution in [2.75, 3.05) is 6.61 Å². The van der Waals surface area contributed by atoms with Crippen LogP contribution in [-0.4, -0.2) is 6.61 Å². The van der Waals surface area contributed by atoms with Crippen molar-refractivity contribution >= 4 is 0 Å². The van der Waals surface area contributed by atoms with Gasteiger partial charge in [-0.05, 0) is 25.3 Å². The molecule has 1 aliphatic rings. The van der Waals surface area contributed by atoms with Crippen LogP contribution < -0.4 is 0 Å². The number of hydrogen-bond acceptors (Lipinski definition) is 2. The molecule has 0 radical (unpaired) electrons. The minimum absolute atomic E-state index is 0.111. The van der Waals surface area contributed by atoms with E-state index in [1.807, 2.05) is 0 Å². The molecular formula is C15H17NO. The van der Waals surface area contributed by atoms with Crippen LogP contribution >= 0.6 is 0 Å². The molecule has 0 amide bonds. The van der Waals surface area contributed by atoms with Crippen molar-refractivity contribution in [1.82, 2.24) is 0 Å². The van der Waals surface area contributed by atoms with Crippen LogP contribution in [0.2, 0.25) is 0 Å². The van der Waals surface area contributed by atoms with Gasteiger partial charge in [0.2, 0.25) is 0 Å². The van der Waals surface area contributed by atoms with Gasteiger partial charge in [0.05, 0.1) is 24.7 Å². The highest BCUT2D eigenvalue weighted by Gasteiger charge is 2.27. The molecule has 17 heavy (non-hydrogen) atoms. The number of rotatable bonds is 1. The largest absolute Gasteiger partial charge is 0.372 e. The van der Waals surface area contributed by atoms with E-state index in [2.05, 4.69) is 43.8 Å². The molecule has 2 rings (SSSR count). The Labute approximate surface area is 103 Å². The van der Waals surface area contributed by atoms with Crippen LogP contribution in [0.1, 0.15) is 30.1 Å². The zero-order valence-electron chi connectivity index (χ0n) is 10.1. The molecule has 1 saturated heterocycles. The van der Waals surface area contributed by atoms with Crippen molar-refractivity contribution in [1.29, 1.82) is 5.26 Å². The summed E-state index contributed by atoms with van der Waals surface area (Å²) in [6, 6.07) is 10.6. The number of hydrogen-bond donors (Lipinski definition) is 0. The maximum atomic E-state index is 9.25. The van der Waals surface area contributed by atoms with Crippen LogP contribution in [0.4, 0.5) is 0 Å². The highest BCUT2D eigenvalue weighted by atomic mass is 16.5. The van der Waals surface area contributed by atoms with Gasteiger partial charge in [-0.15, -0.1) is 0 Å². The van der Waals surface area contributed by atoms with Gasteiger partial charge in [-0.25, -0.2) is 0 Å². The van der Waals surface area contributed by atoms with Crippen LogP contribution in [0.15, 0.2) is 36.4 Å². The van der Waals surface area contributed by atoms with E-state index in [4.69, 9.17) is 4.74 Å². The SMILES string of the molecule is C=C1CCOC(c2ccc(C)cc2)C(C#N)C1. The summed E-state index contributed by atoms with van der Waals surface area (Å²) in [5, 5.41) is 9.25. The Morgan fingerprint density at radius 1 is 1.35 bits per heavy atom. The van der Waals surface area contributed by atoms with Crippen molar-refractivity contribution < 1.29 is 4.74 Å². The Bertz CT molecular complexity index is 441. The second-order valence-corrected chi connectivity index (χ2v) is 4.64. The van der Waals surface area contributed by atoms with E-state index in [1.54, 1.807) is 0 Å². The molecule has 1 aromatic carbocycles. The molecule has 0 aromatic heterocycles. The van der Waals surface area contributed by atoms with Crippen LogP contribution in [0.25, 0.3) is 0 Å². The molecule has 0 N–H and O–H groups in total. The van der Waals surface area contributed by atoms with E-state index >= 15 is 0 Å². The van der Waals surface area contributed by atoms with Crippen LogP contribution in [0.5, 0.6) is 0 Å².